The van der Waals surface area contributed by atoms with Gasteiger partial charge in [0.15, 0.2) is 0 Å². The number of rotatable bonds is 2. The van der Waals surface area contributed by atoms with Crippen LogP contribution in [0.2, 0.25) is 0 Å². The van der Waals surface area contributed by atoms with Gasteiger partial charge in [-0.15, -0.1) is 0 Å². The Bertz CT molecular complexity index is 97.9. The molecule has 0 bridgehead atoms. The molecule has 0 saturated heterocycles. The Labute approximate surface area is 97.4 Å². The summed E-state index contributed by atoms with van der Waals surface area (Å²) >= 11 is 0. The minimum absolute atomic E-state index is 0. The van der Waals surface area contributed by atoms with E-state index in [4.69, 9.17) is 0 Å². The van der Waals surface area contributed by atoms with Crippen LogP contribution in [-0.2, 0) is 32.7 Å². The van der Waals surface area contributed by atoms with Gasteiger partial charge in [-0.2, -0.15) is 10.8 Å². The van der Waals surface area contributed by atoms with Crippen molar-refractivity contribution in [2.75, 3.05) is 0 Å². The van der Waals surface area contributed by atoms with Crippen molar-refractivity contribution in [2.45, 2.75) is 41.0 Å². The van der Waals surface area contributed by atoms with Crippen LogP contribution in [0.3, 0.4) is 0 Å². The molecule has 0 amide bonds. The van der Waals surface area contributed by atoms with Gasteiger partial charge in [-0.1, -0.05) is 34.6 Å². The predicted octanol–water partition coefficient (Wildman–Crippen LogP) is 3.48. The third-order valence-electron chi connectivity index (χ3n) is 1.47. The van der Waals surface area contributed by atoms with Crippen LogP contribution in [-0.4, -0.2) is 0 Å². The van der Waals surface area contributed by atoms with E-state index in [1.807, 2.05) is 0 Å². The molecular formula is C10H20Y-2. The minimum atomic E-state index is 0. The standard InChI is InChI=1S/C10H20.Y/c1-7-10(5,6)8-9(2,3)4;/h8H,1,7H2,2-6H3;/q-2;. The summed E-state index contributed by atoms with van der Waals surface area (Å²) < 4.78 is 0. The molecule has 0 fully saturated rings. The average Bonchev–Trinajstić information content (AvgIpc) is 1.60. The third-order valence-corrected chi connectivity index (χ3v) is 1.47. The van der Waals surface area contributed by atoms with Gasteiger partial charge in [-0.3, -0.25) is 0 Å². The van der Waals surface area contributed by atoms with E-state index in [1.165, 1.54) is 0 Å². The molecule has 1 heteroatoms. The van der Waals surface area contributed by atoms with Gasteiger partial charge >= 0.3 is 0 Å². The molecular weight excluding hydrogens is 209 g/mol. The van der Waals surface area contributed by atoms with Crippen molar-refractivity contribution >= 4 is 0 Å². The Hall–Kier alpha value is 1.10. The quantitative estimate of drug-likeness (QED) is 0.636. The van der Waals surface area contributed by atoms with Crippen molar-refractivity contribution in [3.05, 3.63) is 13.3 Å². The molecule has 0 aliphatic heterocycles. The zero-order chi connectivity index (χ0) is 8.41. The summed E-state index contributed by atoms with van der Waals surface area (Å²) in [6, 6.07) is 0. The summed E-state index contributed by atoms with van der Waals surface area (Å²) in [4.78, 5) is 0. The van der Waals surface area contributed by atoms with E-state index in [2.05, 4.69) is 48.0 Å². The third kappa shape index (κ3) is 9.01. The molecule has 0 heterocycles. The molecule has 0 saturated carbocycles. The molecule has 0 spiro atoms. The van der Waals surface area contributed by atoms with Gasteiger partial charge in [0.1, 0.15) is 0 Å². The maximum atomic E-state index is 3.91. The first kappa shape index (κ1) is 14.6. The van der Waals surface area contributed by atoms with Crippen LogP contribution in [0.5, 0.6) is 0 Å². The van der Waals surface area contributed by atoms with Crippen LogP contribution in [0.25, 0.3) is 0 Å². The van der Waals surface area contributed by atoms with Gasteiger partial charge in [0.2, 0.25) is 0 Å². The first-order valence-corrected chi connectivity index (χ1v) is 3.93. The van der Waals surface area contributed by atoms with Crippen molar-refractivity contribution in [1.82, 2.24) is 0 Å². The molecule has 65 valence electrons. The zero-order valence-electron chi connectivity index (χ0n) is 8.57. The van der Waals surface area contributed by atoms with Gasteiger partial charge in [0.05, 0.1) is 0 Å². The summed E-state index contributed by atoms with van der Waals surface area (Å²) in [7, 11) is 0. The van der Waals surface area contributed by atoms with Crippen molar-refractivity contribution in [3.63, 3.8) is 0 Å². The topological polar surface area (TPSA) is 0 Å². The summed E-state index contributed by atoms with van der Waals surface area (Å²) in [5, 5.41) is 0. The fourth-order valence-corrected chi connectivity index (χ4v) is 1.24. The second-order valence-corrected chi connectivity index (χ2v) is 4.75. The van der Waals surface area contributed by atoms with Crippen LogP contribution >= 0.6 is 0 Å². The second-order valence-electron chi connectivity index (χ2n) is 4.75. The zero-order valence-corrected chi connectivity index (χ0v) is 11.4. The molecule has 0 aromatic heterocycles. The first-order chi connectivity index (χ1) is 4.27. The second kappa shape index (κ2) is 4.97. The smallest absolute Gasteiger partial charge is 0 e. The monoisotopic (exact) mass is 229 g/mol. The summed E-state index contributed by atoms with van der Waals surface area (Å²) in [6.45, 7) is 15.0. The van der Waals surface area contributed by atoms with Crippen molar-refractivity contribution in [2.24, 2.45) is 10.8 Å². The molecule has 0 aromatic carbocycles. The number of hydrogen-bond acceptors (Lipinski definition) is 0. The molecule has 0 aliphatic rings. The van der Waals surface area contributed by atoms with Gasteiger partial charge in [0.25, 0.3) is 0 Å². The molecule has 0 rings (SSSR count). The molecule has 0 nitrogen and oxygen atoms in total. The first-order valence-electron chi connectivity index (χ1n) is 3.93. The van der Waals surface area contributed by atoms with E-state index in [1.54, 1.807) is 0 Å². The number of hydrogen-bond donors (Lipinski definition) is 0. The fraction of sp³-hybridized carbons (Fsp3) is 0.800. The van der Waals surface area contributed by atoms with E-state index >= 15 is 0 Å². The van der Waals surface area contributed by atoms with Crippen molar-refractivity contribution in [1.29, 1.82) is 0 Å². The summed E-state index contributed by atoms with van der Waals surface area (Å²) in [5.74, 6) is 0. The Balaban J connectivity index is 0. The van der Waals surface area contributed by atoms with Crippen LogP contribution in [0.4, 0.5) is 0 Å². The van der Waals surface area contributed by atoms with E-state index in [0.29, 0.717) is 5.41 Å². The maximum absolute atomic E-state index is 3.91. The normalized spacial score (nSPS) is 12.5. The van der Waals surface area contributed by atoms with E-state index in [-0.39, 0.29) is 38.1 Å². The predicted molar refractivity (Wildman–Crippen MR) is 47.5 cm³/mol. The van der Waals surface area contributed by atoms with Gasteiger partial charge in [0, 0.05) is 32.7 Å². The Morgan fingerprint density at radius 1 is 1.09 bits per heavy atom. The van der Waals surface area contributed by atoms with Gasteiger partial charge in [-0.25, -0.2) is 6.42 Å². The Kier molecular flexibility index (Phi) is 6.60. The van der Waals surface area contributed by atoms with E-state index < -0.39 is 0 Å². The fourth-order valence-electron chi connectivity index (χ4n) is 1.24. The van der Waals surface area contributed by atoms with Crippen LogP contribution in [0, 0.1) is 24.2 Å². The molecule has 0 aromatic rings. The van der Waals surface area contributed by atoms with E-state index in [0.717, 1.165) is 6.42 Å². The maximum Gasteiger partial charge on any atom is 0 e. The molecule has 0 atom stereocenters. The molecule has 0 aliphatic carbocycles. The van der Waals surface area contributed by atoms with Crippen LogP contribution < -0.4 is 0 Å². The largest absolute Gasteiger partial charge is 0.345 e. The molecule has 1 radical (unpaired) electrons. The van der Waals surface area contributed by atoms with Crippen LogP contribution in [0.1, 0.15) is 41.0 Å². The summed E-state index contributed by atoms with van der Waals surface area (Å²) in [6.07, 6.45) is 3.34. The van der Waals surface area contributed by atoms with Gasteiger partial charge < -0.3 is 13.3 Å². The Morgan fingerprint density at radius 3 is 1.55 bits per heavy atom. The summed E-state index contributed by atoms with van der Waals surface area (Å²) in [5.41, 5.74) is 0.611. The Morgan fingerprint density at radius 2 is 1.45 bits per heavy atom. The average molecular weight is 229 g/mol. The van der Waals surface area contributed by atoms with Crippen LogP contribution in [0.15, 0.2) is 0 Å². The molecule has 0 N–H and O–H groups in total. The molecule has 0 unspecified atom stereocenters. The minimum Gasteiger partial charge on any atom is -0.345 e. The van der Waals surface area contributed by atoms with E-state index in [9.17, 15) is 0 Å². The van der Waals surface area contributed by atoms with Crippen molar-refractivity contribution in [3.8, 4) is 0 Å². The van der Waals surface area contributed by atoms with Gasteiger partial charge in [-0.05, 0) is 0 Å². The van der Waals surface area contributed by atoms with Crippen molar-refractivity contribution < 1.29 is 32.7 Å². The SMILES string of the molecule is [CH2-]CC(C)(C)[CH-]C(C)(C)C.[Y]. The molecule has 11 heavy (non-hydrogen) atoms.